The summed E-state index contributed by atoms with van der Waals surface area (Å²) in [6.07, 6.45) is 6.64. The van der Waals surface area contributed by atoms with Crippen LogP contribution in [0.25, 0.3) is 22.3 Å². The summed E-state index contributed by atoms with van der Waals surface area (Å²) < 4.78 is 5.69. The van der Waals surface area contributed by atoms with Crippen molar-refractivity contribution in [3.05, 3.63) is 148 Å². The van der Waals surface area contributed by atoms with E-state index in [0.29, 0.717) is 22.3 Å². The second-order valence-electron chi connectivity index (χ2n) is 10.2. The zero-order chi connectivity index (χ0) is 36.6. The molecule has 52 heavy (non-hydrogen) atoms. The Morgan fingerprint density at radius 3 is 1.50 bits per heavy atom. The first-order valence-electron chi connectivity index (χ1n) is 14.9. The van der Waals surface area contributed by atoms with E-state index in [1.807, 2.05) is 66.7 Å². The molecule has 0 fully saturated rings. The Balaban J connectivity index is 0.000000235. The number of hydrogen-bond donors (Lipinski definition) is 3. The van der Waals surface area contributed by atoms with Crippen molar-refractivity contribution in [2.24, 2.45) is 0 Å². The van der Waals surface area contributed by atoms with E-state index < -0.39 is 0 Å². The van der Waals surface area contributed by atoms with Gasteiger partial charge < -0.3 is 21.3 Å². The van der Waals surface area contributed by atoms with Gasteiger partial charge in [-0.25, -0.2) is 4.98 Å². The minimum Gasteiger partial charge on any atom is -0.472 e. The molecule has 0 atom stereocenters. The molecule has 6 rings (SSSR count). The first-order chi connectivity index (χ1) is 24.9. The van der Waals surface area contributed by atoms with Crippen LogP contribution >= 0.6 is 11.6 Å². The number of aromatic nitrogens is 4. The average Bonchev–Trinajstić information content (AvgIpc) is 3.18. The van der Waals surface area contributed by atoms with Crippen LogP contribution < -0.4 is 16.2 Å². The first kappa shape index (κ1) is 39.1. The minimum atomic E-state index is 0. The largest absolute Gasteiger partial charge is 0.472 e. The molecular formula is C39H31ClN10O2. The third-order valence-electron chi connectivity index (χ3n) is 6.95. The molecule has 0 aliphatic carbocycles. The number of hydrogen-bond acceptors (Lipinski definition) is 12. The summed E-state index contributed by atoms with van der Waals surface area (Å²) in [5.74, 6) is 0.156. The number of aliphatic hydroxyl groups excluding tert-OH is 1. The topological polar surface area (TPSA) is 228 Å². The van der Waals surface area contributed by atoms with Gasteiger partial charge in [-0.05, 0) is 28.8 Å². The lowest BCUT2D eigenvalue weighted by Gasteiger charge is -2.13. The van der Waals surface area contributed by atoms with Crippen LogP contribution in [-0.4, -0.2) is 25.0 Å². The number of pyridine rings is 4. The maximum atomic E-state index is 9.64. The SMILES string of the molecule is C.N#Cc1c(N)nc(Cl)c(C#N)c1-c1ccccc1.N#Cc1c(N)nc(OCc2cccnc2)c(C#N)c1-c1ccccc1.OCc1cccnc1. The van der Waals surface area contributed by atoms with Gasteiger partial charge in [-0.15, -0.1) is 0 Å². The monoisotopic (exact) mass is 706 g/mol. The van der Waals surface area contributed by atoms with Crippen LogP contribution in [0, 0.1) is 45.3 Å². The van der Waals surface area contributed by atoms with E-state index in [2.05, 4.69) is 26.0 Å². The van der Waals surface area contributed by atoms with Crippen LogP contribution in [0.3, 0.4) is 0 Å². The van der Waals surface area contributed by atoms with Crippen LogP contribution in [0.5, 0.6) is 5.88 Å². The number of anilines is 2. The smallest absolute Gasteiger partial charge is 0.234 e. The molecular weight excluding hydrogens is 676 g/mol. The number of nitrogens with zero attached hydrogens (tertiary/aromatic N) is 8. The summed E-state index contributed by atoms with van der Waals surface area (Å²) in [7, 11) is 0. The number of ether oxygens (including phenoxy) is 1. The lowest BCUT2D eigenvalue weighted by molar-refractivity contribution is 0.281. The maximum Gasteiger partial charge on any atom is 0.234 e. The second kappa shape index (κ2) is 19.6. The van der Waals surface area contributed by atoms with Gasteiger partial charge in [0.2, 0.25) is 5.88 Å². The van der Waals surface area contributed by atoms with E-state index in [9.17, 15) is 10.5 Å². The number of benzene rings is 2. The first-order valence-corrected chi connectivity index (χ1v) is 15.3. The molecule has 0 aliphatic rings. The molecule has 4 heterocycles. The zero-order valence-electron chi connectivity index (χ0n) is 26.8. The molecule has 6 aromatic rings. The number of nitrogen functional groups attached to an aromatic ring is 2. The Hall–Kier alpha value is -7.35. The quantitative estimate of drug-likeness (QED) is 0.149. The lowest BCUT2D eigenvalue weighted by atomic mass is 9.96. The van der Waals surface area contributed by atoms with Gasteiger partial charge in [0.05, 0.1) is 12.2 Å². The fourth-order valence-electron chi connectivity index (χ4n) is 4.61. The van der Waals surface area contributed by atoms with Gasteiger partial charge in [0.15, 0.2) is 0 Å². The van der Waals surface area contributed by atoms with Crippen molar-refractivity contribution >= 4 is 23.2 Å². The van der Waals surface area contributed by atoms with Crippen LogP contribution in [0.2, 0.25) is 5.15 Å². The molecule has 2 aromatic carbocycles. The Morgan fingerprint density at radius 2 is 1.08 bits per heavy atom. The lowest BCUT2D eigenvalue weighted by Crippen LogP contribution is -2.06. The van der Waals surface area contributed by atoms with Crippen LogP contribution in [-0.2, 0) is 13.2 Å². The molecule has 0 saturated heterocycles. The second-order valence-corrected chi connectivity index (χ2v) is 10.5. The van der Waals surface area contributed by atoms with Crippen molar-refractivity contribution in [3.63, 3.8) is 0 Å². The van der Waals surface area contributed by atoms with Gasteiger partial charge in [0, 0.05) is 41.5 Å². The van der Waals surface area contributed by atoms with Crippen molar-refractivity contribution in [1.29, 1.82) is 21.0 Å². The van der Waals surface area contributed by atoms with Crippen LogP contribution in [0.4, 0.5) is 11.6 Å². The van der Waals surface area contributed by atoms with Gasteiger partial charge in [0.25, 0.3) is 0 Å². The minimum absolute atomic E-state index is 0. The van der Waals surface area contributed by atoms with Crippen molar-refractivity contribution in [2.75, 3.05) is 11.5 Å². The van der Waals surface area contributed by atoms with Crippen molar-refractivity contribution in [2.45, 2.75) is 20.6 Å². The molecule has 13 heteroatoms. The Morgan fingerprint density at radius 1 is 0.615 bits per heavy atom. The molecule has 0 amide bonds. The Labute approximate surface area is 306 Å². The molecule has 0 radical (unpaired) electrons. The van der Waals surface area contributed by atoms with E-state index in [4.69, 9.17) is 43.4 Å². The number of rotatable bonds is 6. The molecule has 0 unspecified atom stereocenters. The third-order valence-corrected chi connectivity index (χ3v) is 7.22. The molecule has 0 aliphatic heterocycles. The Kier molecular flexibility index (Phi) is 14.7. The van der Waals surface area contributed by atoms with Gasteiger partial charge >= 0.3 is 0 Å². The van der Waals surface area contributed by atoms with Crippen LogP contribution in [0.1, 0.15) is 40.8 Å². The fraction of sp³-hybridized carbons (Fsp3) is 0.0769. The predicted octanol–water partition coefficient (Wildman–Crippen LogP) is 6.99. The van der Waals surface area contributed by atoms with Crippen molar-refractivity contribution < 1.29 is 9.84 Å². The molecule has 0 bridgehead atoms. The molecule has 0 spiro atoms. The van der Waals surface area contributed by atoms with E-state index in [-0.39, 0.29) is 65.6 Å². The predicted molar refractivity (Wildman–Crippen MR) is 198 cm³/mol. The fourth-order valence-corrected chi connectivity index (χ4v) is 4.83. The van der Waals surface area contributed by atoms with Gasteiger partial charge in [-0.3, -0.25) is 9.97 Å². The summed E-state index contributed by atoms with van der Waals surface area (Å²) >= 11 is 5.89. The van der Waals surface area contributed by atoms with Gasteiger partial charge in [-0.1, -0.05) is 91.8 Å². The van der Waals surface area contributed by atoms with E-state index in [1.54, 1.807) is 61.2 Å². The summed E-state index contributed by atoms with van der Waals surface area (Å²) in [6, 6.07) is 33.5. The molecule has 0 saturated carbocycles. The average molecular weight is 707 g/mol. The third kappa shape index (κ3) is 9.63. The van der Waals surface area contributed by atoms with E-state index in [1.165, 1.54) is 0 Å². The van der Waals surface area contributed by atoms with Gasteiger partial charge in [0.1, 0.15) is 64.4 Å². The standard InChI is InChI=1S/C19H13N5O.C13H7ClN4.C6H7NO.CH4/c20-9-15-17(14-6-2-1-3-7-14)16(10-21)19(24-18(15)22)25-12-13-5-4-8-23-11-13;14-12-9(6-15)11(8-4-2-1-3-5-8)10(7-16)13(17)18-12;8-5-6-2-1-3-7-4-6;/h1-8,11H,12H2,(H2,22,24);1-5H,(H2,17,18);1-4,8H,5H2;1H4. The summed E-state index contributed by atoms with van der Waals surface area (Å²) in [5.41, 5.74) is 16.2. The number of nitrogens with two attached hydrogens (primary N) is 2. The molecule has 12 nitrogen and oxygen atoms in total. The summed E-state index contributed by atoms with van der Waals surface area (Å²) in [6.45, 7) is 0.267. The summed E-state index contributed by atoms with van der Waals surface area (Å²) in [4.78, 5) is 15.7. The van der Waals surface area contributed by atoms with Crippen LogP contribution in [0.15, 0.2) is 110 Å². The maximum absolute atomic E-state index is 9.64. The number of aliphatic hydroxyl groups is 1. The number of halogens is 1. The number of nitriles is 4. The van der Waals surface area contributed by atoms with E-state index in [0.717, 1.165) is 11.1 Å². The highest BCUT2D eigenvalue weighted by Crippen LogP contribution is 2.35. The molecule has 5 N–H and O–H groups in total. The highest BCUT2D eigenvalue weighted by Gasteiger charge is 2.21. The Bertz CT molecular complexity index is 2230. The normalized spacial score (nSPS) is 9.42. The van der Waals surface area contributed by atoms with Gasteiger partial charge in [-0.2, -0.15) is 26.0 Å². The van der Waals surface area contributed by atoms with E-state index >= 15 is 0 Å². The van der Waals surface area contributed by atoms with Crippen molar-refractivity contribution in [3.8, 4) is 52.4 Å². The summed E-state index contributed by atoms with van der Waals surface area (Å²) in [5, 5.41) is 45.9. The highest BCUT2D eigenvalue weighted by atomic mass is 35.5. The zero-order valence-corrected chi connectivity index (χ0v) is 27.5. The highest BCUT2D eigenvalue weighted by molar-refractivity contribution is 6.31. The molecule has 4 aromatic heterocycles. The molecule has 256 valence electrons. The van der Waals surface area contributed by atoms with Crippen molar-refractivity contribution in [1.82, 2.24) is 19.9 Å².